The zero-order valence-corrected chi connectivity index (χ0v) is 9.01. The molecule has 0 aliphatic heterocycles. The molecule has 0 fully saturated rings. The molecule has 0 saturated carbocycles. The van der Waals surface area contributed by atoms with Crippen molar-refractivity contribution in [2.45, 2.75) is 19.8 Å². The first-order valence-electron chi connectivity index (χ1n) is 5.10. The van der Waals surface area contributed by atoms with Crippen molar-refractivity contribution in [3.63, 3.8) is 0 Å². The lowest BCUT2D eigenvalue weighted by Gasteiger charge is -2.04. The maximum absolute atomic E-state index is 4.24. The Balaban J connectivity index is 1.72. The van der Waals surface area contributed by atoms with E-state index in [2.05, 4.69) is 35.9 Å². The molecule has 0 aliphatic rings. The molecule has 2 heterocycles. The normalized spacial score (nSPS) is 10.3. The van der Waals surface area contributed by atoms with Crippen LogP contribution in [-0.2, 0) is 6.42 Å². The fraction of sp³-hybridized carbons (Fsp3) is 0.444. The number of anilines is 1. The standard InChI is InChI=1S/C9H13N7/c1-7-10-6-4-8(12-7)11-5-2-3-9-13-15-16-14-9/h4,6H,2-3,5H2,1H3,(H,10,11,12)(H,13,14,15,16). The number of nitrogens with zero attached hydrogens (tertiary/aromatic N) is 5. The van der Waals surface area contributed by atoms with Gasteiger partial charge in [-0.05, 0) is 19.4 Å². The summed E-state index contributed by atoms with van der Waals surface area (Å²) in [5, 5.41) is 16.9. The van der Waals surface area contributed by atoms with Crippen molar-refractivity contribution in [1.29, 1.82) is 0 Å². The summed E-state index contributed by atoms with van der Waals surface area (Å²) in [7, 11) is 0. The number of nitrogens with one attached hydrogen (secondary N) is 2. The maximum Gasteiger partial charge on any atom is 0.174 e. The molecule has 2 N–H and O–H groups in total. The molecular formula is C9H13N7. The molecule has 0 amide bonds. The summed E-state index contributed by atoms with van der Waals surface area (Å²) < 4.78 is 0. The zero-order valence-electron chi connectivity index (χ0n) is 9.01. The van der Waals surface area contributed by atoms with Gasteiger partial charge in [0.05, 0.1) is 0 Å². The Kier molecular flexibility index (Phi) is 3.37. The number of tetrazole rings is 1. The van der Waals surface area contributed by atoms with Crippen molar-refractivity contribution >= 4 is 5.82 Å². The second-order valence-corrected chi connectivity index (χ2v) is 3.35. The number of rotatable bonds is 5. The smallest absolute Gasteiger partial charge is 0.174 e. The van der Waals surface area contributed by atoms with E-state index < -0.39 is 0 Å². The summed E-state index contributed by atoms with van der Waals surface area (Å²) in [6, 6.07) is 1.85. The molecule has 0 saturated heterocycles. The predicted molar refractivity (Wildman–Crippen MR) is 57.8 cm³/mol. The maximum atomic E-state index is 4.24. The average Bonchev–Trinajstić information content (AvgIpc) is 2.77. The Morgan fingerprint density at radius 1 is 1.44 bits per heavy atom. The summed E-state index contributed by atoms with van der Waals surface area (Å²) >= 11 is 0. The first-order valence-corrected chi connectivity index (χ1v) is 5.10. The number of hydrogen-bond donors (Lipinski definition) is 2. The lowest BCUT2D eigenvalue weighted by molar-refractivity contribution is 0.801. The van der Waals surface area contributed by atoms with Gasteiger partial charge in [-0.3, -0.25) is 0 Å². The van der Waals surface area contributed by atoms with E-state index in [1.807, 2.05) is 13.0 Å². The van der Waals surface area contributed by atoms with Crippen molar-refractivity contribution in [2.24, 2.45) is 0 Å². The van der Waals surface area contributed by atoms with Crippen molar-refractivity contribution in [3.8, 4) is 0 Å². The highest BCUT2D eigenvalue weighted by atomic mass is 15.5. The third-order valence-corrected chi connectivity index (χ3v) is 2.05. The van der Waals surface area contributed by atoms with E-state index in [-0.39, 0.29) is 0 Å². The number of hydrogen-bond acceptors (Lipinski definition) is 6. The van der Waals surface area contributed by atoms with Crippen molar-refractivity contribution < 1.29 is 0 Å². The number of aryl methyl sites for hydroxylation is 2. The van der Waals surface area contributed by atoms with E-state index in [1.54, 1.807) is 6.20 Å². The predicted octanol–water partition coefficient (Wildman–Crippen LogP) is 0.343. The van der Waals surface area contributed by atoms with Crippen molar-refractivity contribution in [2.75, 3.05) is 11.9 Å². The van der Waals surface area contributed by atoms with Crippen LogP contribution in [0.4, 0.5) is 5.82 Å². The SMILES string of the molecule is Cc1nccc(NCCCc2nn[nH]n2)n1. The number of aromatic nitrogens is 6. The van der Waals surface area contributed by atoms with Crippen LogP contribution in [-0.4, -0.2) is 37.1 Å². The lowest BCUT2D eigenvalue weighted by atomic mass is 10.3. The first kappa shape index (κ1) is 10.5. The molecule has 7 heteroatoms. The van der Waals surface area contributed by atoms with Crippen LogP contribution < -0.4 is 5.32 Å². The highest BCUT2D eigenvalue weighted by Crippen LogP contribution is 2.01. The van der Waals surface area contributed by atoms with E-state index in [9.17, 15) is 0 Å². The van der Waals surface area contributed by atoms with E-state index in [1.165, 1.54) is 0 Å². The molecule has 2 rings (SSSR count). The van der Waals surface area contributed by atoms with Crippen LogP contribution in [0.25, 0.3) is 0 Å². The minimum Gasteiger partial charge on any atom is -0.370 e. The van der Waals surface area contributed by atoms with Crippen LogP contribution in [0, 0.1) is 6.92 Å². The molecule has 0 aliphatic carbocycles. The highest BCUT2D eigenvalue weighted by molar-refractivity contribution is 5.32. The molecular weight excluding hydrogens is 206 g/mol. The van der Waals surface area contributed by atoms with Gasteiger partial charge in [0.2, 0.25) is 0 Å². The minimum atomic E-state index is 0.737. The van der Waals surface area contributed by atoms with E-state index in [0.29, 0.717) is 0 Å². The van der Waals surface area contributed by atoms with Gasteiger partial charge in [-0.2, -0.15) is 5.21 Å². The van der Waals surface area contributed by atoms with E-state index in [0.717, 1.165) is 36.9 Å². The van der Waals surface area contributed by atoms with Gasteiger partial charge >= 0.3 is 0 Å². The van der Waals surface area contributed by atoms with Crippen LogP contribution in [0.2, 0.25) is 0 Å². The molecule has 16 heavy (non-hydrogen) atoms. The zero-order chi connectivity index (χ0) is 11.2. The van der Waals surface area contributed by atoms with Gasteiger partial charge in [0.25, 0.3) is 0 Å². The van der Waals surface area contributed by atoms with Gasteiger partial charge in [0.1, 0.15) is 11.6 Å². The largest absolute Gasteiger partial charge is 0.370 e. The number of aromatic amines is 1. The average molecular weight is 219 g/mol. The molecule has 0 bridgehead atoms. The third-order valence-electron chi connectivity index (χ3n) is 2.05. The van der Waals surface area contributed by atoms with Crippen LogP contribution in [0.1, 0.15) is 18.1 Å². The molecule has 7 nitrogen and oxygen atoms in total. The van der Waals surface area contributed by atoms with E-state index >= 15 is 0 Å². The Morgan fingerprint density at radius 3 is 3.12 bits per heavy atom. The second kappa shape index (κ2) is 5.15. The quantitative estimate of drug-likeness (QED) is 0.704. The highest BCUT2D eigenvalue weighted by Gasteiger charge is 1.98. The Hall–Kier alpha value is -2.05. The Morgan fingerprint density at radius 2 is 2.38 bits per heavy atom. The number of H-pyrrole nitrogens is 1. The van der Waals surface area contributed by atoms with Gasteiger partial charge in [-0.1, -0.05) is 5.21 Å². The van der Waals surface area contributed by atoms with Crippen molar-refractivity contribution in [1.82, 2.24) is 30.6 Å². The van der Waals surface area contributed by atoms with Gasteiger partial charge in [-0.15, -0.1) is 10.2 Å². The topological polar surface area (TPSA) is 92.3 Å². The van der Waals surface area contributed by atoms with Gasteiger partial charge in [0.15, 0.2) is 5.82 Å². The molecule has 2 aromatic heterocycles. The van der Waals surface area contributed by atoms with Gasteiger partial charge in [0, 0.05) is 19.2 Å². The Bertz CT molecular complexity index is 425. The van der Waals surface area contributed by atoms with E-state index in [4.69, 9.17) is 0 Å². The van der Waals surface area contributed by atoms with Crippen LogP contribution >= 0.6 is 0 Å². The lowest BCUT2D eigenvalue weighted by Crippen LogP contribution is -2.06. The summed E-state index contributed by atoms with van der Waals surface area (Å²) in [4.78, 5) is 8.26. The molecule has 0 atom stereocenters. The van der Waals surface area contributed by atoms with Crippen LogP contribution in [0.3, 0.4) is 0 Å². The third kappa shape index (κ3) is 2.97. The summed E-state index contributed by atoms with van der Waals surface area (Å²) in [5.74, 6) is 2.35. The minimum absolute atomic E-state index is 0.737. The molecule has 0 aromatic carbocycles. The molecule has 0 unspecified atom stereocenters. The molecule has 0 spiro atoms. The van der Waals surface area contributed by atoms with Crippen LogP contribution in [0.15, 0.2) is 12.3 Å². The Labute approximate surface area is 92.7 Å². The summed E-state index contributed by atoms with van der Waals surface area (Å²) in [6.07, 6.45) is 3.47. The monoisotopic (exact) mass is 219 g/mol. The fourth-order valence-corrected chi connectivity index (χ4v) is 1.31. The molecule has 84 valence electrons. The second-order valence-electron chi connectivity index (χ2n) is 3.35. The van der Waals surface area contributed by atoms with Crippen LogP contribution in [0.5, 0.6) is 0 Å². The van der Waals surface area contributed by atoms with Gasteiger partial charge in [-0.25, -0.2) is 9.97 Å². The van der Waals surface area contributed by atoms with Crippen molar-refractivity contribution in [3.05, 3.63) is 23.9 Å². The van der Waals surface area contributed by atoms with Gasteiger partial charge < -0.3 is 5.32 Å². The molecule has 2 aromatic rings. The summed E-state index contributed by atoms with van der Waals surface area (Å²) in [6.45, 7) is 2.69. The first-order chi connectivity index (χ1) is 7.84. The summed E-state index contributed by atoms with van der Waals surface area (Å²) in [5.41, 5.74) is 0. The molecule has 0 radical (unpaired) electrons. The fourth-order valence-electron chi connectivity index (χ4n) is 1.31.